The average molecular weight is 568 g/mol. The number of rotatable bonds is 9. The van der Waals surface area contributed by atoms with E-state index in [9.17, 15) is 24.4 Å². The zero-order valence-electron chi connectivity index (χ0n) is 22.2. The molecule has 0 saturated carbocycles. The predicted octanol–water partition coefficient (Wildman–Crippen LogP) is 3.62. The summed E-state index contributed by atoms with van der Waals surface area (Å²) in [6.07, 6.45) is 4.20. The van der Waals surface area contributed by atoms with Gasteiger partial charge >= 0.3 is 0 Å². The summed E-state index contributed by atoms with van der Waals surface area (Å²) < 4.78 is 36.8. The smallest absolute Gasteiger partial charge is 0.137 e. The number of nitrogens with zero attached hydrogens (tertiary/aromatic N) is 8. The highest BCUT2D eigenvalue weighted by Crippen LogP contribution is 2.34. The molecule has 2 aromatic heterocycles. The zero-order chi connectivity index (χ0) is 29.9. The van der Waals surface area contributed by atoms with Gasteiger partial charge in [0.15, 0.2) is 0 Å². The summed E-state index contributed by atoms with van der Waals surface area (Å²) >= 11 is 0. The first-order chi connectivity index (χ1) is 20.2. The van der Waals surface area contributed by atoms with Crippen LogP contribution in [0.2, 0.25) is 0 Å². The lowest BCUT2D eigenvalue weighted by Gasteiger charge is -2.28. The zero-order valence-corrected chi connectivity index (χ0v) is 22.2. The predicted molar refractivity (Wildman–Crippen MR) is 145 cm³/mol. The van der Waals surface area contributed by atoms with Crippen molar-refractivity contribution in [2.24, 2.45) is 0 Å². The Balaban J connectivity index is 1.31. The first kappa shape index (κ1) is 27.9. The molecule has 0 saturated heterocycles. The number of nitrogens with two attached hydrogens (primary N) is 1. The van der Waals surface area contributed by atoms with Crippen molar-refractivity contribution in [2.75, 3.05) is 5.73 Å². The first-order valence-electron chi connectivity index (χ1n) is 12.6. The quantitative estimate of drug-likeness (QED) is 0.253. The monoisotopic (exact) mass is 567 g/mol. The molecule has 0 aliphatic rings. The Morgan fingerprint density at radius 3 is 2.48 bits per heavy atom. The van der Waals surface area contributed by atoms with Gasteiger partial charge in [0.05, 0.1) is 36.1 Å². The maximum absolute atomic E-state index is 14.7. The van der Waals surface area contributed by atoms with E-state index in [4.69, 9.17) is 10.5 Å². The molecule has 0 aliphatic carbocycles. The normalized spacial score (nSPS) is 12.3. The molecule has 5 aromatic rings. The van der Waals surface area contributed by atoms with Gasteiger partial charge in [-0.05, 0) is 42.3 Å². The van der Waals surface area contributed by atoms with Crippen LogP contribution in [0.25, 0.3) is 11.1 Å². The highest BCUT2D eigenvalue weighted by molar-refractivity contribution is 5.82. The van der Waals surface area contributed by atoms with Gasteiger partial charge in [-0.15, -0.1) is 5.10 Å². The van der Waals surface area contributed by atoms with Crippen molar-refractivity contribution in [3.63, 3.8) is 0 Å². The summed E-state index contributed by atoms with van der Waals surface area (Å²) in [5.74, 6) is -1.16. The summed E-state index contributed by atoms with van der Waals surface area (Å²) in [6.45, 7) is 1.45. The van der Waals surface area contributed by atoms with E-state index >= 15 is 0 Å². The molecule has 0 fully saturated rings. The van der Waals surface area contributed by atoms with Gasteiger partial charge in [0.2, 0.25) is 0 Å². The molecule has 0 spiro atoms. The molecule has 42 heavy (non-hydrogen) atoms. The maximum atomic E-state index is 14.7. The number of anilines is 1. The second-order valence-corrected chi connectivity index (χ2v) is 9.60. The van der Waals surface area contributed by atoms with E-state index in [1.54, 1.807) is 36.5 Å². The number of ether oxygens (including phenoxy) is 1. The molecule has 1 atom stereocenters. The lowest BCUT2D eigenvalue weighted by atomic mass is 9.92. The second kappa shape index (κ2) is 11.4. The average Bonchev–Trinajstić information content (AvgIpc) is 3.64. The van der Waals surface area contributed by atoms with Gasteiger partial charge in [0.1, 0.15) is 60.1 Å². The highest BCUT2D eigenvalue weighted by Gasteiger charge is 2.34. The Kier molecular flexibility index (Phi) is 7.60. The molecule has 1 unspecified atom stereocenters. The molecule has 0 radical (unpaired) electrons. The van der Waals surface area contributed by atoms with Crippen LogP contribution in [0, 0.1) is 41.2 Å². The van der Waals surface area contributed by atoms with Gasteiger partial charge in [-0.3, -0.25) is 0 Å². The van der Waals surface area contributed by atoms with Gasteiger partial charge in [0, 0.05) is 17.2 Å². The number of halogens is 2. The molecule has 2 heterocycles. The largest absolute Gasteiger partial charge is 0.487 e. The fraction of sp³-hybridized carbons (Fsp3) is 0.172. The van der Waals surface area contributed by atoms with Crippen LogP contribution in [-0.2, 0) is 25.3 Å². The van der Waals surface area contributed by atoms with Crippen molar-refractivity contribution in [3.8, 4) is 29.0 Å². The number of aromatic nitrogens is 6. The molecule has 5 rings (SSSR count). The summed E-state index contributed by atoms with van der Waals surface area (Å²) in [4.78, 5) is 3.85. The van der Waals surface area contributed by atoms with E-state index in [1.807, 2.05) is 13.0 Å². The highest BCUT2D eigenvalue weighted by atomic mass is 19.1. The molecule has 3 N–H and O–H groups in total. The standard InChI is InChI=1S/C29H23F2N9O2/c1-18-8-20(10-32)28(34)24(11-33)27(18)19-2-5-23(6-3-19)42-13-22-12-39(38-37-22)14-29(41,15-40-17-35-16-36-40)25-7-4-21(30)9-26(25)31/h2-9,12,16-17,41H,13-15,34H2,1H3. The Bertz CT molecular complexity index is 1820. The maximum Gasteiger partial charge on any atom is 0.137 e. The van der Waals surface area contributed by atoms with Gasteiger partial charge in [-0.2, -0.15) is 15.6 Å². The fourth-order valence-electron chi connectivity index (χ4n) is 4.71. The van der Waals surface area contributed by atoms with E-state index in [0.717, 1.165) is 17.2 Å². The molecular formula is C29H23F2N9O2. The lowest BCUT2D eigenvalue weighted by Crippen LogP contribution is -2.37. The van der Waals surface area contributed by atoms with Crippen molar-refractivity contribution in [1.82, 2.24) is 29.8 Å². The molecule has 13 heteroatoms. The lowest BCUT2D eigenvalue weighted by molar-refractivity contribution is -0.00892. The number of aryl methyl sites for hydroxylation is 1. The number of nitriles is 2. The Morgan fingerprint density at radius 2 is 1.81 bits per heavy atom. The minimum Gasteiger partial charge on any atom is -0.487 e. The van der Waals surface area contributed by atoms with E-state index < -0.39 is 17.2 Å². The third kappa shape index (κ3) is 5.63. The van der Waals surface area contributed by atoms with Crippen molar-refractivity contribution in [1.29, 1.82) is 10.5 Å². The molecule has 0 amide bonds. The molecule has 0 bridgehead atoms. The minimum absolute atomic E-state index is 0.0397. The van der Waals surface area contributed by atoms with E-state index in [1.165, 1.54) is 28.1 Å². The topological polar surface area (TPSA) is 164 Å². The van der Waals surface area contributed by atoms with E-state index in [2.05, 4.69) is 26.5 Å². The Morgan fingerprint density at radius 1 is 1.05 bits per heavy atom. The SMILES string of the molecule is Cc1cc(C#N)c(N)c(C#N)c1-c1ccc(OCc2cn(CC(O)(Cn3cncn3)c3ccc(F)cc3F)nn2)cc1. The third-order valence-electron chi connectivity index (χ3n) is 6.66. The second-order valence-electron chi connectivity index (χ2n) is 9.60. The van der Waals surface area contributed by atoms with Gasteiger partial charge in [-0.25, -0.2) is 23.1 Å². The Hall–Kier alpha value is -5.66. The minimum atomic E-state index is -1.86. The van der Waals surface area contributed by atoms with Crippen LogP contribution in [0.3, 0.4) is 0 Å². The first-order valence-corrected chi connectivity index (χ1v) is 12.6. The number of hydrogen-bond donors (Lipinski definition) is 2. The van der Waals surface area contributed by atoms with E-state index in [-0.39, 0.29) is 42.1 Å². The summed E-state index contributed by atoms with van der Waals surface area (Å²) in [6, 6.07) is 15.7. The summed E-state index contributed by atoms with van der Waals surface area (Å²) in [5, 5.41) is 42.6. The number of hydrogen-bond acceptors (Lipinski definition) is 9. The van der Waals surface area contributed by atoms with Crippen LogP contribution < -0.4 is 10.5 Å². The van der Waals surface area contributed by atoms with Gasteiger partial charge < -0.3 is 15.6 Å². The van der Waals surface area contributed by atoms with E-state index in [0.29, 0.717) is 23.1 Å². The van der Waals surface area contributed by atoms with Gasteiger partial charge in [-0.1, -0.05) is 23.4 Å². The van der Waals surface area contributed by atoms with Crippen molar-refractivity contribution < 1.29 is 18.6 Å². The van der Waals surface area contributed by atoms with Crippen LogP contribution in [0.4, 0.5) is 14.5 Å². The number of aliphatic hydroxyl groups is 1. The van der Waals surface area contributed by atoms with Crippen LogP contribution >= 0.6 is 0 Å². The van der Waals surface area contributed by atoms with Crippen LogP contribution in [0.15, 0.2) is 67.4 Å². The molecule has 0 aliphatic heterocycles. The van der Waals surface area contributed by atoms with Crippen LogP contribution in [0.5, 0.6) is 5.75 Å². The fourth-order valence-corrected chi connectivity index (χ4v) is 4.71. The Labute approximate surface area is 238 Å². The third-order valence-corrected chi connectivity index (χ3v) is 6.66. The van der Waals surface area contributed by atoms with Crippen molar-refractivity contribution >= 4 is 5.69 Å². The molecular weight excluding hydrogens is 544 g/mol. The molecule has 3 aromatic carbocycles. The van der Waals surface area contributed by atoms with Crippen LogP contribution in [0.1, 0.15) is 27.9 Å². The van der Waals surface area contributed by atoms with Crippen LogP contribution in [-0.4, -0.2) is 34.9 Å². The van der Waals surface area contributed by atoms with Crippen molar-refractivity contribution in [3.05, 3.63) is 107 Å². The number of benzene rings is 3. The summed E-state index contributed by atoms with van der Waals surface area (Å²) in [5.41, 5.74) is 7.22. The van der Waals surface area contributed by atoms with Crippen molar-refractivity contribution in [2.45, 2.75) is 32.2 Å². The summed E-state index contributed by atoms with van der Waals surface area (Å²) in [7, 11) is 0. The molecule has 210 valence electrons. The molecule has 11 nitrogen and oxygen atoms in total. The number of nitrogen functional groups attached to an aromatic ring is 1. The van der Waals surface area contributed by atoms with Gasteiger partial charge in [0.25, 0.3) is 0 Å².